The molecule has 0 amide bonds. The molecule has 5 rings (SSSR count). The van der Waals surface area contributed by atoms with Crippen LogP contribution < -0.4 is 15.0 Å². The number of aromatic nitrogens is 2. The largest absolute Gasteiger partial charge is 0.508 e. The quantitative estimate of drug-likeness (QED) is 0.394. The van der Waals surface area contributed by atoms with Gasteiger partial charge in [0.25, 0.3) is 0 Å². The summed E-state index contributed by atoms with van der Waals surface area (Å²) in [6, 6.07) is 9.59. The molecule has 4 aromatic rings. The third-order valence-corrected chi connectivity index (χ3v) is 6.66. The number of hydrogen-bond donors (Lipinski definition) is 2. The number of piperazine rings is 1. The van der Waals surface area contributed by atoms with Gasteiger partial charge in [0.1, 0.15) is 22.9 Å². The standard InChI is InChI=1S/C28H26F2N4O2/c1-5-16-8-7-9-17-10-19(35)11-20(23(16)17)24-22(29)12-21-26(25(24)30)32-28(36-4)33-27(21)34-13-15(3)31-18(6-2)14-34/h1,7-12,15,18,31,35H,6,13-14H2,2-4H3/t15-,18-/m1/s1. The Hall–Kier alpha value is -3.96. The lowest BCUT2D eigenvalue weighted by Gasteiger charge is -2.38. The zero-order valence-electron chi connectivity index (χ0n) is 20.3. The van der Waals surface area contributed by atoms with Crippen LogP contribution in [0.3, 0.4) is 0 Å². The van der Waals surface area contributed by atoms with Crippen LogP contribution in [0.4, 0.5) is 14.6 Å². The Balaban J connectivity index is 1.80. The number of fused-ring (bicyclic) bond motifs is 2. The average Bonchev–Trinajstić information content (AvgIpc) is 2.87. The summed E-state index contributed by atoms with van der Waals surface area (Å²) in [5.74, 6) is 1.18. The van der Waals surface area contributed by atoms with Gasteiger partial charge in [0.15, 0.2) is 5.82 Å². The lowest BCUT2D eigenvalue weighted by atomic mass is 9.93. The van der Waals surface area contributed by atoms with E-state index in [4.69, 9.17) is 11.2 Å². The summed E-state index contributed by atoms with van der Waals surface area (Å²) in [7, 11) is 1.41. The first-order valence-corrected chi connectivity index (χ1v) is 11.8. The molecule has 0 unspecified atom stereocenters. The molecule has 1 fully saturated rings. The number of nitrogens with one attached hydrogen (secondary N) is 1. The van der Waals surface area contributed by atoms with Crippen LogP contribution in [0.25, 0.3) is 32.8 Å². The van der Waals surface area contributed by atoms with E-state index in [0.717, 1.165) is 6.42 Å². The zero-order chi connectivity index (χ0) is 25.6. The molecule has 2 atom stereocenters. The van der Waals surface area contributed by atoms with Crippen molar-refractivity contribution in [3.63, 3.8) is 0 Å². The van der Waals surface area contributed by atoms with Crippen LogP contribution in [0.2, 0.25) is 0 Å². The first kappa shape index (κ1) is 23.8. The number of rotatable bonds is 4. The van der Waals surface area contributed by atoms with Crippen LogP contribution in [-0.4, -0.2) is 47.4 Å². The Morgan fingerprint density at radius 2 is 2.03 bits per heavy atom. The number of halogens is 2. The van der Waals surface area contributed by atoms with Crippen molar-refractivity contribution in [2.24, 2.45) is 0 Å². The van der Waals surface area contributed by atoms with Gasteiger partial charge in [-0.25, -0.2) is 8.78 Å². The topological polar surface area (TPSA) is 70.5 Å². The molecule has 1 saturated heterocycles. The van der Waals surface area contributed by atoms with Crippen LogP contribution in [0.5, 0.6) is 11.8 Å². The lowest BCUT2D eigenvalue weighted by Crippen LogP contribution is -2.55. The molecule has 184 valence electrons. The van der Waals surface area contributed by atoms with Crippen LogP contribution in [0.1, 0.15) is 25.8 Å². The molecule has 2 heterocycles. The maximum absolute atomic E-state index is 16.2. The molecule has 36 heavy (non-hydrogen) atoms. The maximum Gasteiger partial charge on any atom is 0.318 e. The van der Waals surface area contributed by atoms with E-state index in [0.29, 0.717) is 35.2 Å². The van der Waals surface area contributed by atoms with Crippen LogP contribution in [0.15, 0.2) is 36.4 Å². The average molecular weight is 489 g/mol. The molecule has 0 bridgehead atoms. The van der Waals surface area contributed by atoms with Gasteiger partial charge >= 0.3 is 6.01 Å². The Labute approximate surface area is 207 Å². The van der Waals surface area contributed by atoms with E-state index in [1.54, 1.807) is 18.2 Å². The Bertz CT molecular complexity index is 1530. The lowest BCUT2D eigenvalue weighted by molar-refractivity contribution is 0.369. The minimum atomic E-state index is -0.874. The summed E-state index contributed by atoms with van der Waals surface area (Å²) >= 11 is 0. The number of phenols is 1. The van der Waals surface area contributed by atoms with Gasteiger partial charge in [-0.1, -0.05) is 25.0 Å². The van der Waals surface area contributed by atoms with Crippen molar-refractivity contribution < 1.29 is 18.6 Å². The van der Waals surface area contributed by atoms with Crippen molar-refractivity contribution in [1.29, 1.82) is 0 Å². The first-order chi connectivity index (χ1) is 17.3. The van der Waals surface area contributed by atoms with Crippen molar-refractivity contribution in [3.05, 3.63) is 53.6 Å². The molecular weight excluding hydrogens is 462 g/mol. The van der Waals surface area contributed by atoms with E-state index in [1.165, 1.54) is 25.3 Å². The van der Waals surface area contributed by atoms with Crippen molar-refractivity contribution in [3.8, 4) is 35.2 Å². The number of nitrogens with zero attached hydrogens (tertiary/aromatic N) is 3. The zero-order valence-corrected chi connectivity index (χ0v) is 20.3. The van der Waals surface area contributed by atoms with Crippen molar-refractivity contribution in [2.45, 2.75) is 32.4 Å². The predicted molar refractivity (Wildman–Crippen MR) is 137 cm³/mol. The van der Waals surface area contributed by atoms with E-state index in [-0.39, 0.29) is 45.9 Å². The molecule has 1 aliphatic rings. The molecule has 0 spiro atoms. The minimum Gasteiger partial charge on any atom is -0.508 e. The molecule has 2 N–H and O–H groups in total. The Kier molecular flexibility index (Phi) is 6.10. The van der Waals surface area contributed by atoms with Crippen LogP contribution in [0, 0.1) is 24.0 Å². The van der Waals surface area contributed by atoms with E-state index in [9.17, 15) is 5.11 Å². The fourth-order valence-electron chi connectivity index (χ4n) is 5.07. The fraction of sp³-hybridized carbons (Fsp3) is 0.286. The van der Waals surface area contributed by atoms with E-state index >= 15 is 8.78 Å². The molecule has 1 aliphatic heterocycles. The predicted octanol–water partition coefficient (Wildman–Crippen LogP) is 5.00. The van der Waals surface area contributed by atoms with Gasteiger partial charge in [0.05, 0.1) is 12.7 Å². The summed E-state index contributed by atoms with van der Waals surface area (Å²) < 4.78 is 37.4. The highest BCUT2D eigenvalue weighted by molar-refractivity contribution is 6.04. The maximum atomic E-state index is 16.2. The Morgan fingerprint density at radius 3 is 2.75 bits per heavy atom. The molecular formula is C28H26F2N4O2. The summed E-state index contributed by atoms with van der Waals surface area (Å²) in [5.41, 5.74) is 0.222. The highest BCUT2D eigenvalue weighted by Crippen LogP contribution is 2.41. The molecule has 0 radical (unpaired) electrons. The van der Waals surface area contributed by atoms with Gasteiger partial charge in [0, 0.05) is 47.1 Å². The van der Waals surface area contributed by atoms with Crippen molar-refractivity contribution in [1.82, 2.24) is 15.3 Å². The van der Waals surface area contributed by atoms with E-state index in [1.807, 2.05) is 4.90 Å². The SMILES string of the molecule is C#Cc1cccc2cc(O)cc(-c3c(F)cc4c(N5C[C@@H](CC)N[C@H](C)C5)nc(OC)nc4c3F)c12. The van der Waals surface area contributed by atoms with Crippen molar-refractivity contribution in [2.75, 3.05) is 25.1 Å². The summed E-state index contributed by atoms with van der Waals surface area (Å²) in [6.07, 6.45) is 6.59. The van der Waals surface area contributed by atoms with Gasteiger partial charge in [-0.05, 0) is 43.0 Å². The number of phenolic OH excluding ortho intramolecular Hbond substituents is 1. The van der Waals surface area contributed by atoms with Crippen molar-refractivity contribution >= 4 is 27.5 Å². The second kappa shape index (κ2) is 9.25. The number of hydrogen-bond acceptors (Lipinski definition) is 6. The van der Waals surface area contributed by atoms with Crippen LogP contribution in [-0.2, 0) is 0 Å². The number of terminal acetylenes is 1. The van der Waals surface area contributed by atoms with E-state index in [2.05, 4.69) is 35.1 Å². The Morgan fingerprint density at radius 1 is 1.22 bits per heavy atom. The smallest absolute Gasteiger partial charge is 0.318 e. The van der Waals surface area contributed by atoms with E-state index < -0.39 is 11.6 Å². The fourth-order valence-corrected chi connectivity index (χ4v) is 5.07. The van der Waals surface area contributed by atoms with Crippen LogP contribution >= 0.6 is 0 Å². The number of methoxy groups -OCH3 is 1. The third-order valence-electron chi connectivity index (χ3n) is 6.66. The number of ether oxygens (including phenoxy) is 1. The monoisotopic (exact) mass is 488 g/mol. The molecule has 6 nitrogen and oxygen atoms in total. The molecule has 8 heteroatoms. The normalized spacial score (nSPS) is 17.9. The second-order valence-electron chi connectivity index (χ2n) is 9.10. The third kappa shape index (κ3) is 3.95. The summed E-state index contributed by atoms with van der Waals surface area (Å²) in [4.78, 5) is 10.8. The summed E-state index contributed by atoms with van der Waals surface area (Å²) in [5, 5.41) is 15.2. The van der Waals surface area contributed by atoms with Gasteiger partial charge in [-0.3, -0.25) is 0 Å². The molecule has 0 aliphatic carbocycles. The number of anilines is 1. The summed E-state index contributed by atoms with van der Waals surface area (Å²) in [6.45, 7) is 5.39. The molecule has 3 aromatic carbocycles. The second-order valence-corrected chi connectivity index (χ2v) is 9.10. The highest BCUT2D eigenvalue weighted by Gasteiger charge is 2.28. The van der Waals surface area contributed by atoms with Gasteiger partial charge in [-0.15, -0.1) is 6.42 Å². The molecule has 0 saturated carbocycles. The number of benzene rings is 3. The molecule has 1 aromatic heterocycles. The van der Waals surface area contributed by atoms with Gasteiger partial charge in [-0.2, -0.15) is 9.97 Å². The minimum absolute atomic E-state index is 0.0155. The number of aromatic hydroxyl groups is 1. The highest BCUT2D eigenvalue weighted by atomic mass is 19.1. The van der Waals surface area contributed by atoms with Gasteiger partial charge < -0.3 is 20.1 Å². The first-order valence-electron chi connectivity index (χ1n) is 11.8. The van der Waals surface area contributed by atoms with Gasteiger partial charge in [0.2, 0.25) is 0 Å².